The average Bonchev–Trinajstić information content (AvgIpc) is 3.43. The first-order chi connectivity index (χ1) is 15.3. The zero-order valence-electron chi connectivity index (χ0n) is 19.1. The Kier molecular flexibility index (Phi) is 5.79. The van der Waals surface area contributed by atoms with Crippen molar-refractivity contribution in [2.75, 3.05) is 12.0 Å². The monoisotopic (exact) mass is 438 g/mol. The quantitative estimate of drug-likeness (QED) is 0.723. The molecule has 2 aliphatic rings. The Bertz CT molecular complexity index is 1040. The molecule has 1 saturated carbocycles. The predicted octanol–water partition coefficient (Wildman–Crippen LogP) is 3.27. The maximum absolute atomic E-state index is 13.8. The molecule has 170 valence electrons. The van der Waals surface area contributed by atoms with E-state index in [0.717, 1.165) is 31.2 Å². The van der Waals surface area contributed by atoms with Crippen molar-refractivity contribution in [3.63, 3.8) is 0 Å². The number of aromatic nitrogens is 2. The summed E-state index contributed by atoms with van der Waals surface area (Å²) in [5.74, 6) is -0.994. The van der Waals surface area contributed by atoms with E-state index in [1.54, 1.807) is 11.5 Å². The molecule has 0 spiro atoms. The number of nitrogens with zero attached hydrogens (tertiary/aromatic N) is 3. The molecule has 4 rings (SSSR count). The minimum Gasteiger partial charge on any atom is -0.464 e. The van der Waals surface area contributed by atoms with Gasteiger partial charge in [0.05, 0.1) is 20.0 Å². The number of rotatable bonds is 5. The number of carbonyl (C=O) groups excluding carboxylic acids is 3. The fraction of sp³-hybridized carbons (Fsp3) is 0.500. The van der Waals surface area contributed by atoms with E-state index < -0.39 is 17.4 Å². The second kappa shape index (κ2) is 8.41. The summed E-state index contributed by atoms with van der Waals surface area (Å²) in [5, 5.41) is 3.15. The summed E-state index contributed by atoms with van der Waals surface area (Å²) >= 11 is 0. The lowest BCUT2D eigenvalue weighted by molar-refractivity contribution is -0.127. The second-order valence-corrected chi connectivity index (χ2v) is 9.18. The molecule has 2 aromatic rings. The molecule has 1 aliphatic heterocycles. The van der Waals surface area contributed by atoms with Crippen LogP contribution in [0.4, 0.5) is 5.69 Å². The van der Waals surface area contributed by atoms with E-state index in [0.29, 0.717) is 11.6 Å². The number of esters is 1. The molecule has 2 amide bonds. The van der Waals surface area contributed by atoms with Gasteiger partial charge in [0.25, 0.3) is 5.91 Å². The Balaban J connectivity index is 1.79. The third-order valence-corrected chi connectivity index (χ3v) is 6.59. The van der Waals surface area contributed by atoms with Crippen LogP contribution in [0.2, 0.25) is 0 Å². The minimum absolute atomic E-state index is 0.0421. The summed E-state index contributed by atoms with van der Waals surface area (Å²) in [5.41, 5.74) is 0.651. The van der Waals surface area contributed by atoms with Crippen molar-refractivity contribution in [1.29, 1.82) is 0 Å². The summed E-state index contributed by atoms with van der Waals surface area (Å²) in [6, 6.07) is 7.77. The smallest absolute Gasteiger partial charge is 0.359 e. The number of nitrogens with one attached hydrogen (secondary N) is 1. The van der Waals surface area contributed by atoms with Gasteiger partial charge in [0, 0.05) is 11.7 Å². The van der Waals surface area contributed by atoms with Gasteiger partial charge >= 0.3 is 5.97 Å². The third-order valence-electron chi connectivity index (χ3n) is 6.59. The lowest BCUT2D eigenvalue weighted by Gasteiger charge is -2.44. The molecule has 32 heavy (non-hydrogen) atoms. The molecule has 1 unspecified atom stereocenters. The van der Waals surface area contributed by atoms with Gasteiger partial charge in [0.15, 0.2) is 5.69 Å². The molecule has 0 radical (unpaired) electrons. The lowest BCUT2D eigenvalue weighted by Crippen LogP contribution is -2.65. The van der Waals surface area contributed by atoms with E-state index in [2.05, 4.69) is 24.1 Å². The molecule has 1 aromatic carbocycles. The van der Waals surface area contributed by atoms with Crippen molar-refractivity contribution < 1.29 is 19.1 Å². The molecule has 0 saturated heterocycles. The highest BCUT2D eigenvalue weighted by Crippen LogP contribution is 2.35. The first-order valence-electron chi connectivity index (χ1n) is 11.1. The van der Waals surface area contributed by atoms with Gasteiger partial charge in [-0.2, -0.15) is 0 Å². The van der Waals surface area contributed by atoms with Gasteiger partial charge in [-0.1, -0.05) is 38.8 Å². The molecular weight excluding hydrogens is 408 g/mol. The number of imidazole rings is 1. The van der Waals surface area contributed by atoms with Gasteiger partial charge in [-0.3, -0.25) is 14.5 Å². The highest BCUT2D eigenvalue weighted by molar-refractivity contribution is 6.15. The highest BCUT2D eigenvalue weighted by atomic mass is 16.5. The lowest BCUT2D eigenvalue weighted by atomic mass is 9.92. The molecule has 2 heterocycles. The van der Waals surface area contributed by atoms with E-state index >= 15 is 0 Å². The topological polar surface area (TPSA) is 93.5 Å². The van der Waals surface area contributed by atoms with Crippen molar-refractivity contribution >= 4 is 23.5 Å². The van der Waals surface area contributed by atoms with Crippen LogP contribution in [0.3, 0.4) is 0 Å². The summed E-state index contributed by atoms with van der Waals surface area (Å²) < 4.78 is 6.40. The van der Waals surface area contributed by atoms with Crippen molar-refractivity contribution in [3.05, 3.63) is 47.5 Å². The fourth-order valence-electron chi connectivity index (χ4n) is 4.70. The number of methoxy groups -OCH3 is 1. The molecule has 1 aromatic heterocycles. The Morgan fingerprint density at radius 3 is 2.44 bits per heavy atom. The van der Waals surface area contributed by atoms with Crippen LogP contribution in [0.15, 0.2) is 30.6 Å². The van der Waals surface area contributed by atoms with E-state index in [9.17, 15) is 14.4 Å². The molecule has 1 fully saturated rings. The summed E-state index contributed by atoms with van der Waals surface area (Å²) in [6.45, 7) is 6.15. The van der Waals surface area contributed by atoms with Crippen molar-refractivity contribution in [2.24, 2.45) is 0 Å². The second-order valence-electron chi connectivity index (χ2n) is 9.18. The summed E-state index contributed by atoms with van der Waals surface area (Å²) in [6.07, 6.45) is 5.51. The molecule has 1 atom stereocenters. The maximum atomic E-state index is 13.8. The average molecular weight is 439 g/mol. The number of fused-ring (bicyclic) bond motifs is 1. The van der Waals surface area contributed by atoms with Crippen molar-refractivity contribution in [1.82, 2.24) is 14.9 Å². The van der Waals surface area contributed by atoms with Gasteiger partial charge in [-0.05, 0) is 43.4 Å². The van der Waals surface area contributed by atoms with E-state index in [1.165, 1.54) is 18.3 Å². The van der Waals surface area contributed by atoms with Crippen LogP contribution in [0.1, 0.15) is 78.9 Å². The summed E-state index contributed by atoms with van der Waals surface area (Å²) in [7, 11) is 1.25. The third kappa shape index (κ3) is 3.67. The number of ether oxygens (including phenoxy) is 1. The van der Waals surface area contributed by atoms with Crippen LogP contribution in [0, 0.1) is 0 Å². The first kappa shape index (κ1) is 22.0. The SMILES string of the molecule is COC(=O)c1ncn2c1C(=O)N(c1ccc(C(C)C)cc1)C(C)(C(=O)NC1CCCC1)C2. The number of amides is 2. The Morgan fingerprint density at radius 2 is 1.84 bits per heavy atom. The molecule has 0 bridgehead atoms. The van der Waals surface area contributed by atoms with E-state index in [4.69, 9.17) is 4.74 Å². The van der Waals surface area contributed by atoms with Crippen molar-refractivity contribution in [3.8, 4) is 0 Å². The van der Waals surface area contributed by atoms with Gasteiger partial charge in [-0.25, -0.2) is 9.78 Å². The van der Waals surface area contributed by atoms with Gasteiger partial charge in [-0.15, -0.1) is 0 Å². The molecular formula is C24H30N4O4. The zero-order chi connectivity index (χ0) is 23.0. The Morgan fingerprint density at radius 1 is 1.19 bits per heavy atom. The molecule has 1 aliphatic carbocycles. The fourth-order valence-corrected chi connectivity index (χ4v) is 4.70. The Labute approximate surface area is 187 Å². The standard InChI is InChI=1S/C24H30N4O4/c1-15(2)16-9-11-18(12-10-16)28-21(29)20-19(22(30)32-4)25-14-27(20)13-24(28,3)23(31)26-17-7-5-6-8-17/h9-12,14-15,17H,5-8,13H2,1-4H3,(H,26,31). The van der Waals surface area contributed by atoms with Crippen molar-refractivity contribution in [2.45, 2.75) is 70.5 Å². The molecule has 1 N–H and O–H groups in total. The first-order valence-corrected chi connectivity index (χ1v) is 11.1. The minimum atomic E-state index is -1.18. The number of anilines is 1. The van der Waals surface area contributed by atoms with Crippen LogP contribution in [0.25, 0.3) is 0 Å². The predicted molar refractivity (Wildman–Crippen MR) is 120 cm³/mol. The van der Waals surface area contributed by atoms with Crippen LogP contribution < -0.4 is 10.2 Å². The molecule has 8 heteroatoms. The van der Waals surface area contributed by atoms with Gasteiger partial charge in [0.1, 0.15) is 11.2 Å². The van der Waals surface area contributed by atoms with Crippen LogP contribution in [-0.4, -0.2) is 46.0 Å². The largest absolute Gasteiger partial charge is 0.464 e. The maximum Gasteiger partial charge on any atom is 0.359 e. The summed E-state index contributed by atoms with van der Waals surface area (Å²) in [4.78, 5) is 45.2. The van der Waals surface area contributed by atoms with Crippen LogP contribution in [0.5, 0.6) is 0 Å². The number of carbonyl (C=O) groups is 3. The van der Waals surface area contributed by atoms with Gasteiger partial charge in [0.2, 0.25) is 5.91 Å². The highest BCUT2D eigenvalue weighted by Gasteiger charge is 2.50. The number of benzene rings is 1. The van der Waals surface area contributed by atoms with Crippen LogP contribution in [-0.2, 0) is 16.1 Å². The van der Waals surface area contributed by atoms with E-state index in [-0.39, 0.29) is 29.9 Å². The normalized spacial score (nSPS) is 21.0. The number of hydrogen-bond acceptors (Lipinski definition) is 5. The Hall–Kier alpha value is -3.16. The number of hydrogen-bond donors (Lipinski definition) is 1. The zero-order valence-corrected chi connectivity index (χ0v) is 19.1. The van der Waals surface area contributed by atoms with Gasteiger partial charge < -0.3 is 14.6 Å². The van der Waals surface area contributed by atoms with E-state index in [1.807, 2.05) is 24.3 Å². The molecule has 8 nitrogen and oxygen atoms in total. The van der Waals surface area contributed by atoms with Crippen LogP contribution >= 0.6 is 0 Å².